The third-order valence-corrected chi connectivity index (χ3v) is 5.26. The van der Waals surface area contributed by atoms with Gasteiger partial charge in [0.05, 0.1) is 24.0 Å². The lowest BCUT2D eigenvalue weighted by Crippen LogP contribution is -2.24. The lowest BCUT2D eigenvalue weighted by atomic mass is 10.1. The molecule has 0 saturated carbocycles. The highest BCUT2D eigenvalue weighted by molar-refractivity contribution is 7.07. The second-order valence-electron chi connectivity index (χ2n) is 6.24. The summed E-state index contributed by atoms with van der Waals surface area (Å²) < 4.78 is 34.3. The molecule has 0 amide bonds. The van der Waals surface area contributed by atoms with Crippen LogP contribution in [0, 0.1) is 11.6 Å². The molecule has 3 nitrogen and oxygen atoms in total. The van der Waals surface area contributed by atoms with Crippen LogP contribution in [0.4, 0.5) is 14.5 Å². The summed E-state index contributed by atoms with van der Waals surface area (Å²) in [4.78, 5) is 5.48. The minimum absolute atomic E-state index is 0.149. The van der Waals surface area contributed by atoms with Gasteiger partial charge >= 0.3 is 0 Å². The molecule has 0 aliphatic carbocycles. The number of thiazole rings is 1. The van der Waals surface area contributed by atoms with Gasteiger partial charge in [-0.15, -0.1) is 11.3 Å². The Morgan fingerprint density at radius 1 is 1.04 bits per heavy atom. The SMILES string of the molecule is Fc1ccc(N=c2scc(-c3ccc(F)cc3)n2CC2CCCO2)cc1. The third kappa shape index (κ3) is 3.76. The zero-order valence-electron chi connectivity index (χ0n) is 14.1. The van der Waals surface area contributed by atoms with Crippen LogP contribution in [0.5, 0.6) is 0 Å². The van der Waals surface area contributed by atoms with Gasteiger partial charge in [-0.1, -0.05) is 0 Å². The van der Waals surface area contributed by atoms with Gasteiger partial charge in [-0.2, -0.15) is 0 Å². The van der Waals surface area contributed by atoms with E-state index in [1.54, 1.807) is 24.3 Å². The van der Waals surface area contributed by atoms with E-state index in [1.807, 2.05) is 5.38 Å². The maximum atomic E-state index is 13.3. The Morgan fingerprint density at radius 2 is 1.73 bits per heavy atom. The first-order valence-corrected chi connectivity index (χ1v) is 9.43. The first-order valence-electron chi connectivity index (χ1n) is 8.55. The quantitative estimate of drug-likeness (QED) is 0.639. The topological polar surface area (TPSA) is 26.5 Å². The van der Waals surface area contributed by atoms with Gasteiger partial charge in [-0.3, -0.25) is 0 Å². The summed E-state index contributed by atoms with van der Waals surface area (Å²) in [6.45, 7) is 1.47. The van der Waals surface area contributed by atoms with Gasteiger partial charge in [0.15, 0.2) is 4.80 Å². The van der Waals surface area contributed by atoms with Crippen molar-refractivity contribution in [1.82, 2.24) is 4.57 Å². The van der Waals surface area contributed by atoms with Crippen molar-refractivity contribution in [2.24, 2.45) is 4.99 Å². The van der Waals surface area contributed by atoms with Crippen molar-refractivity contribution >= 4 is 17.0 Å². The third-order valence-electron chi connectivity index (χ3n) is 4.40. The molecule has 134 valence electrons. The molecule has 0 radical (unpaired) electrons. The minimum atomic E-state index is -0.283. The van der Waals surface area contributed by atoms with Crippen molar-refractivity contribution in [2.45, 2.75) is 25.5 Å². The number of halogens is 2. The van der Waals surface area contributed by atoms with E-state index in [2.05, 4.69) is 9.56 Å². The fourth-order valence-electron chi connectivity index (χ4n) is 3.06. The van der Waals surface area contributed by atoms with E-state index in [9.17, 15) is 8.78 Å². The summed E-state index contributed by atoms with van der Waals surface area (Å²) in [6.07, 6.45) is 2.23. The Hall–Kier alpha value is -2.31. The van der Waals surface area contributed by atoms with E-state index >= 15 is 0 Å². The summed E-state index contributed by atoms with van der Waals surface area (Å²) >= 11 is 1.51. The summed E-state index contributed by atoms with van der Waals surface area (Å²) in [5.74, 6) is -0.541. The molecule has 2 aromatic carbocycles. The second kappa shape index (κ2) is 7.51. The highest BCUT2D eigenvalue weighted by Crippen LogP contribution is 2.23. The molecule has 1 atom stereocenters. The standard InChI is InChI=1S/C20H18F2N2OS/c21-15-5-3-14(4-6-15)19-13-26-20(23-17-9-7-16(22)8-10-17)24(19)12-18-2-1-11-25-18/h3-10,13,18H,1-2,11-12H2. The average Bonchev–Trinajstić information content (AvgIpc) is 3.29. The Kier molecular flexibility index (Phi) is 4.95. The van der Waals surface area contributed by atoms with Crippen LogP contribution in [0.2, 0.25) is 0 Å². The maximum Gasteiger partial charge on any atom is 0.190 e. The molecule has 0 N–H and O–H groups in total. The van der Waals surface area contributed by atoms with Crippen LogP contribution in [0.1, 0.15) is 12.8 Å². The van der Waals surface area contributed by atoms with Crippen LogP contribution in [0.25, 0.3) is 11.3 Å². The van der Waals surface area contributed by atoms with Gasteiger partial charge in [-0.25, -0.2) is 13.8 Å². The predicted molar refractivity (Wildman–Crippen MR) is 98.3 cm³/mol. The van der Waals surface area contributed by atoms with Crippen molar-refractivity contribution in [2.75, 3.05) is 6.61 Å². The van der Waals surface area contributed by atoms with Crippen LogP contribution >= 0.6 is 11.3 Å². The molecular weight excluding hydrogens is 354 g/mol. The van der Waals surface area contributed by atoms with E-state index in [0.29, 0.717) is 12.2 Å². The van der Waals surface area contributed by atoms with Gasteiger partial charge in [-0.05, 0) is 66.9 Å². The normalized spacial score (nSPS) is 17.8. The number of benzene rings is 2. The predicted octanol–water partition coefficient (Wildman–Crippen LogP) is 4.91. The largest absolute Gasteiger partial charge is 0.376 e. The number of nitrogens with zero attached hydrogens (tertiary/aromatic N) is 2. The monoisotopic (exact) mass is 372 g/mol. The first-order chi connectivity index (χ1) is 12.7. The molecule has 0 bridgehead atoms. The van der Waals surface area contributed by atoms with Crippen LogP contribution < -0.4 is 4.80 Å². The molecule has 6 heteroatoms. The number of hydrogen-bond acceptors (Lipinski definition) is 3. The molecule has 26 heavy (non-hydrogen) atoms. The molecule has 1 saturated heterocycles. The molecule has 1 aliphatic heterocycles. The van der Waals surface area contributed by atoms with Crippen molar-refractivity contribution in [3.05, 3.63) is 70.3 Å². The van der Waals surface area contributed by atoms with E-state index < -0.39 is 0 Å². The molecule has 1 unspecified atom stereocenters. The van der Waals surface area contributed by atoms with Gasteiger partial charge in [0.1, 0.15) is 11.6 Å². The fourth-order valence-corrected chi connectivity index (χ4v) is 4.00. The molecule has 3 aromatic rings. The van der Waals surface area contributed by atoms with Crippen molar-refractivity contribution in [3.63, 3.8) is 0 Å². The van der Waals surface area contributed by atoms with Crippen molar-refractivity contribution in [3.8, 4) is 11.3 Å². The maximum absolute atomic E-state index is 13.3. The van der Waals surface area contributed by atoms with Crippen LogP contribution in [-0.2, 0) is 11.3 Å². The highest BCUT2D eigenvalue weighted by Gasteiger charge is 2.19. The fraction of sp³-hybridized carbons (Fsp3) is 0.250. The number of hydrogen-bond donors (Lipinski definition) is 0. The summed E-state index contributed by atoms with van der Waals surface area (Å²) in [5.41, 5.74) is 2.60. The molecule has 1 aliphatic rings. The van der Waals surface area contributed by atoms with Crippen LogP contribution in [0.3, 0.4) is 0 Å². The molecule has 1 fully saturated rings. The Balaban J connectivity index is 1.77. The molecule has 2 heterocycles. The summed E-state index contributed by atoms with van der Waals surface area (Å²) in [6, 6.07) is 12.6. The number of rotatable bonds is 4. The summed E-state index contributed by atoms with van der Waals surface area (Å²) in [7, 11) is 0. The molecule has 4 rings (SSSR count). The van der Waals surface area contributed by atoms with E-state index in [4.69, 9.17) is 4.74 Å². The Bertz CT molecular complexity index is 939. The van der Waals surface area contributed by atoms with E-state index in [1.165, 1.54) is 35.6 Å². The van der Waals surface area contributed by atoms with Crippen LogP contribution in [0.15, 0.2) is 58.9 Å². The molecule has 0 spiro atoms. The molecule has 1 aromatic heterocycles. The highest BCUT2D eigenvalue weighted by atomic mass is 32.1. The zero-order chi connectivity index (χ0) is 17.9. The molecular formula is C20H18F2N2OS. The van der Waals surface area contributed by atoms with Crippen molar-refractivity contribution in [1.29, 1.82) is 0 Å². The minimum Gasteiger partial charge on any atom is -0.376 e. The van der Waals surface area contributed by atoms with Crippen LogP contribution in [-0.4, -0.2) is 17.3 Å². The lowest BCUT2D eigenvalue weighted by Gasteiger charge is -2.14. The lowest BCUT2D eigenvalue weighted by molar-refractivity contribution is 0.0968. The van der Waals surface area contributed by atoms with Gasteiger partial charge in [0, 0.05) is 12.0 Å². The number of aromatic nitrogens is 1. The van der Waals surface area contributed by atoms with E-state index in [-0.39, 0.29) is 17.7 Å². The Labute approximate surface area is 154 Å². The zero-order valence-corrected chi connectivity index (χ0v) is 14.9. The Morgan fingerprint density at radius 3 is 2.38 bits per heavy atom. The smallest absolute Gasteiger partial charge is 0.190 e. The van der Waals surface area contributed by atoms with Gasteiger partial charge in [0.2, 0.25) is 0 Å². The van der Waals surface area contributed by atoms with E-state index in [0.717, 1.165) is 35.5 Å². The number of ether oxygens (including phenoxy) is 1. The van der Waals surface area contributed by atoms with Crippen molar-refractivity contribution < 1.29 is 13.5 Å². The summed E-state index contributed by atoms with van der Waals surface area (Å²) in [5, 5.41) is 2.02. The average molecular weight is 372 g/mol. The van der Waals surface area contributed by atoms with Gasteiger partial charge in [0.25, 0.3) is 0 Å². The second-order valence-corrected chi connectivity index (χ2v) is 7.08. The van der Waals surface area contributed by atoms with Gasteiger partial charge < -0.3 is 9.30 Å². The first kappa shape index (κ1) is 17.1.